The molecule has 2 amide bonds. The van der Waals surface area contributed by atoms with Crippen LogP contribution in [0.25, 0.3) is 0 Å². The molecule has 0 heterocycles. The SMILES string of the molecule is CCC(CC)[C@H](O)CNC(=O)CNC(=O)c1ccccc1Cl. The molecule has 122 valence electrons. The molecule has 0 saturated carbocycles. The Balaban J connectivity index is 2.37. The van der Waals surface area contributed by atoms with Crippen LogP contribution in [0.2, 0.25) is 5.02 Å². The zero-order valence-corrected chi connectivity index (χ0v) is 13.7. The fraction of sp³-hybridized carbons (Fsp3) is 0.500. The fourth-order valence-electron chi connectivity index (χ4n) is 2.18. The van der Waals surface area contributed by atoms with Gasteiger partial charge in [-0.1, -0.05) is 50.4 Å². The van der Waals surface area contributed by atoms with E-state index < -0.39 is 12.0 Å². The van der Waals surface area contributed by atoms with E-state index in [-0.39, 0.29) is 24.9 Å². The molecule has 0 bridgehead atoms. The minimum Gasteiger partial charge on any atom is -0.391 e. The minimum absolute atomic E-state index is 0.153. The monoisotopic (exact) mass is 326 g/mol. The highest BCUT2D eigenvalue weighted by Crippen LogP contribution is 2.14. The summed E-state index contributed by atoms with van der Waals surface area (Å²) >= 11 is 5.91. The largest absolute Gasteiger partial charge is 0.391 e. The highest BCUT2D eigenvalue weighted by molar-refractivity contribution is 6.33. The molecule has 1 rings (SSSR count). The van der Waals surface area contributed by atoms with Crippen molar-refractivity contribution in [3.05, 3.63) is 34.9 Å². The van der Waals surface area contributed by atoms with Gasteiger partial charge in [0, 0.05) is 6.54 Å². The lowest BCUT2D eigenvalue weighted by Crippen LogP contribution is -2.41. The van der Waals surface area contributed by atoms with E-state index in [2.05, 4.69) is 10.6 Å². The first-order valence-corrected chi connectivity index (χ1v) is 7.84. The maximum absolute atomic E-state index is 11.9. The third-order valence-corrected chi connectivity index (χ3v) is 3.96. The van der Waals surface area contributed by atoms with Crippen molar-refractivity contribution in [3.63, 3.8) is 0 Å². The Kier molecular flexibility index (Phi) is 7.91. The quantitative estimate of drug-likeness (QED) is 0.683. The lowest BCUT2D eigenvalue weighted by molar-refractivity contribution is -0.120. The molecule has 6 heteroatoms. The van der Waals surface area contributed by atoms with Gasteiger partial charge in [0.25, 0.3) is 5.91 Å². The second-order valence-electron chi connectivity index (χ2n) is 5.11. The Morgan fingerprint density at radius 2 is 1.82 bits per heavy atom. The van der Waals surface area contributed by atoms with Crippen molar-refractivity contribution in [1.82, 2.24) is 10.6 Å². The molecule has 0 radical (unpaired) electrons. The van der Waals surface area contributed by atoms with E-state index in [0.717, 1.165) is 12.8 Å². The first-order chi connectivity index (χ1) is 10.5. The summed E-state index contributed by atoms with van der Waals surface area (Å²) in [6.07, 6.45) is 1.14. The van der Waals surface area contributed by atoms with E-state index in [1.807, 2.05) is 13.8 Å². The Hall–Kier alpha value is -1.59. The van der Waals surface area contributed by atoms with Crippen LogP contribution in [0.1, 0.15) is 37.0 Å². The number of carbonyl (C=O) groups excluding carboxylic acids is 2. The molecule has 0 spiro atoms. The van der Waals surface area contributed by atoms with E-state index in [4.69, 9.17) is 11.6 Å². The van der Waals surface area contributed by atoms with Crippen LogP contribution in [-0.4, -0.2) is 36.1 Å². The average Bonchev–Trinajstić information content (AvgIpc) is 2.52. The number of hydrogen-bond acceptors (Lipinski definition) is 3. The number of aliphatic hydroxyl groups is 1. The van der Waals surface area contributed by atoms with Gasteiger partial charge in [-0.3, -0.25) is 9.59 Å². The molecule has 1 aromatic carbocycles. The zero-order valence-electron chi connectivity index (χ0n) is 12.9. The molecule has 1 aromatic rings. The highest BCUT2D eigenvalue weighted by Gasteiger charge is 2.16. The van der Waals surface area contributed by atoms with Crippen LogP contribution in [0.3, 0.4) is 0 Å². The maximum atomic E-state index is 11.9. The lowest BCUT2D eigenvalue weighted by atomic mass is 9.96. The van der Waals surface area contributed by atoms with Crippen molar-refractivity contribution in [3.8, 4) is 0 Å². The number of carbonyl (C=O) groups is 2. The van der Waals surface area contributed by atoms with Crippen molar-refractivity contribution >= 4 is 23.4 Å². The maximum Gasteiger partial charge on any atom is 0.253 e. The van der Waals surface area contributed by atoms with Gasteiger partial charge in [0.05, 0.1) is 23.2 Å². The highest BCUT2D eigenvalue weighted by atomic mass is 35.5. The summed E-state index contributed by atoms with van der Waals surface area (Å²) in [6, 6.07) is 6.63. The smallest absolute Gasteiger partial charge is 0.253 e. The van der Waals surface area contributed by atoms with E-state index in [0.29, 0.717) is 10.6 Å². The number of rotatable bonds is 8. The zero-order chi connectivity index (χ0) is 16.5. The van der Waals surface area contributed by atoms with Crippen molar-refractivity contribution in [2.45, 2.75) is 32.8 Å². The Morgan fingerprint density at radius 1 is 1.18 bits per heavy atom. The minimum atomic E-state index is -0.571. The third-order valence-electron chi connectivity index (χ3n) is 3.63. The third kappa shape index (κ3) is 5.66. The number of benzene rings is 1. The molecule has 0 aliphatic carbocycles. The van der Waals surface area contributed by atoms with Gasteiger partial charge in [0.15, 0.2) is 0 Å². The van der Waals surface area contributed by atoms with E-state index in [1.54, 1.807) is 24.3 Å². The number of halogens is 1. The predicted octanol–water partition coefficient (Wildman–Crippen LogP) is 1.98. The topological polar surface area (TPSA) is 78.4 Å². The van der Waals surface area contributed by atoms with Crippen LogP contribution in [-0.2, 0) is 4.79 Å². The van der Waals surface area contributed by atoms with Crippen molar-refractivity contribution in [1.29, 1.82) is 0 Å². The van der Waals surface area contributed by atoms with Gasteiger partial charge in [-0.15, -0.1) is 0 Å². The molecule has 3 N–H and O–H groups in total. The predicted molar refractivity (Wildman–Crippen MR) is 86.9 cm³/mol. The number of amides is 2. The summed E-state index contributed by atoms with van der Waals surface area (Å²) in [5.74, 6) is -0.579. The lowest BCUT2D eigenvalue weighted by Gasteiger charge is -2.20. The van der Waals surface area contributed by atoms with Gasteiger partial charge in [0.1, 0.15) is 0 Å². The normalized spacial score (nSPS) is 12.0. The van der Waals surface area contributed by atoms with Gasteiger partial charge >= 0.3 is 0 Å². The molecule has 0 unspecified atom stereocenters. The van der Waals surface area contributed by atoms with E-state index in [9.17, 15) is 14.7 Å². The molecular formula is C16H23ClN2O3. The number of nitrogens with one attached hydrogen (secondary N) is 2. The molecule has 0 aromatic heterocycles. The summed E-state index contributed by atoms with van der Waals surface area (Å²) in [6.45, 7) is 4.04. The van der Waals surface area contributed by atoms with Gasteiger partial charge in [-0.2, -0.15) is 0 Å². The van der Waals surface area contributed by atoms with Gasteiger partial charge < -0.3 is 15.7 Å². The molecule has 0 fully saturated rings. The molecule has 1 atom stereocenters. The van der Waals surface area contributed by atoms with E-state index in [1.165, 1.54) is 0 Å². The second kappa shape index (κ2) is 9.43. The molecule has 0 aliphatic heterocycles. The second-order valence-corrected chi connectivity index (χ2v) is 5.52. The Bertz CT molecular complexity index is 504. The van der Waals surface area contributed by atoms with Crippen LogP contribution < -0.4 is 10.6 Å². The summed E-state index contributed by atoms with van der Waals surface area (Å²) in [5.41, 5.74) is 0.328. The Morgan fingerprint density at radius 3 is 2.41 bits per heavy atom. The molecular weight excluding hydrogens is 304 g/mol. The standard InChI is InChI=1S/C16H23ClN2O3/c1-3-11(4-2)14(20)9-18-15(21)10-19-16(22)12-7-5-6-8-13(12)17/h5-8,11,14,20H,3-4,9-10H2,1-2H3,(H,18,21)(H,19,22)/t14-/m1/s1. The van der Waals surface area contributed by atoms with Gasteiger partial charge in [-0.05, 0) is 18.1 Å². The molecule has 0 saturated heterocycles. The molecule has 0 aliphatic rings. The molecule has 5 nitrogen and oxygen atoms in total. The number of aliphatic hydroxyl groups excluding tert-OH is 1. The first-order valence-electron chi connectivity index (χ1n) is 7.47. The van der Waals surface area contributed by atoms with E-state index >= 15 is 0 Å². The van der Waals surface area contributed by atoms with Crippen LogP contribution in [0.5, 0.6) is 0 Å². The summed E-state index contributed by atoms with van der Waals surface area (Å²) in [7, 11) is 0. The van der Waals surface area contributed by atoms with Crippen LogP contribution in [0.15, 0.2) is 24.3 Å². The Labute approximate surface area is 136 Å². The summed E-state index contributed by atoms with van der Waals surface area (Å²) in [4.78, 5) is 23.6. The van der Waals surface area contributed by atoms with Crippen LogP contribution >= 0.6 is 11.6 Å². The van der Waals surface area contributed by atoms with Crippen LogP contribution in [0, 0.1) is 5.92 Å². The molecule has 22 heavy (non-hydrogen) atoms. The van der Waals surface area contributed by atoms with Gasteiger partial charge in [0.2, 0.25) is 5.91 Å². The van der Waals surface area contributed by atoms with Crippen LogP contribution in [0.4, 0.5) is 0 Å². The summed E-state index contributed by atoms with van der Waals surface area (Å²) in [5, 5.41) is 15.4. The van der Waals surface area contributed by atoms with Gasteiger partial charge in [-0.25, -0.2) is 0 Å². The van der Waals surface area contributed by atoms with Crippen molar-refractivity contribution in [2.24, 2.45) is 5.92 Å². The summed E-state index contributed by atoms with van der Waals surface area (Å²) < 4.78 is 0. The average molecular weight is 327 g/mol. The van der Waals surface area contributed by atoms with Crippen molar-refractivity contribution < 1.29 is 14.7 Å². The number of hydrogen-bond donors (Lipinski definition) is 3. The first kappa shape index (κ1) is 18.5. The van der Waals surface area contributed by atoms with Crippen molar-refractivity contribution in [2.75, 3.05) is 13.1 Å². The fourth-order valence-corrected chi connectivity index (χ4v) is 2.40.